The second-order valence-electron chi connectivity index (χ2n) is 2.08. The molecule has 10 heavy (non-hydrogen) atoms. The number of carbonyl (C=O) groups is 1. The maximum Gasteiger partial charge on any atom is 0.263 e. The molecule has 2 N–H and O–H groups in total. The summed E-state index contributed by atoms with van der Waals surface area (Å²) in [5, 5.41) is 3.72. The Morgan fingerprint density at radius 3 is 2.90 bits per heavy atom. The number of nitrogens with two attached hydrogens (primary N) is 1. The summed E-state index contributed by atoms with van der Waals surface area (Å²) in [7, 11) is 0. The molecule has 1 unspecified atom stereocenters. The van der Waals surface area contributed by atoms with Crippen LogP contribution in [0.15, 0.2) is 18.5 Å². The van der Waals surface area contributed by atoms with Crippen LogP contribution in [-0.4, -0.2) is 21.7 Å². The summed E-state index contributed by atoms with van der Waals surface area (Å²) in [5.41, 5.74) is 5.32. The first-order valence-corrected chi connectivity index (χ1v) is 3.01. The Balaban J connectivity index is 2.78. The largest absolute Gasteiger partial charge is 0.320 e. The van der Waals surface area contributed by atoms with E-state index in [0.29, 0.717) is 0 Å². The van der Waals surface area contributed by atoms with E-state index in [2.05, 4.69) is 5.10 Å². The van der Waals surface area contributed by atoms with Crippen LogP contribution in [0.3, 0.4) is 0 Å². The molecule has 0 fully saturated rings. The Labute approximate surface area is 58.6 Å². The first-order valence-electron chi connectivity index (χ1n) is 3.01. The zero-order valence-corrected chi connectivity index (χ0v) is 5.69. The van der Waals surface area contributed by atoms with Crippen molar-refractivity contribution in [2.45, 2.75) is 13.0 Å². The summed E-state index contributed by atoms with van der Waals surface area (Å²) < 4.78 is 1.23. The molecule has 0 amide bonds. The van der Waals surface area contributed by atoms with Gasteiger partial charge in [0.25, 0.3) is 5.91 Å². The lowest BCUT2D eigenvalue weighted by atomic mass is 10.3. The van der Waals surface area contributed by atoms with E-state index in [1.807, 2.05) is 0 Å². The molecule has 4 nitrogen and oxygen atoms in total. The maximum atomic E-state index is 11.0. The van der Waals surface area contributed by atoms with Crippen LogP contribution < -0.4 is 5.73 Å². The molecule has 1 aromatic rings. The predicted molar refractivity (Wildman–Crippen MR) is 36.5 cm³/mol. The Morgan fingerprint density at radius 1 is 1.80 bits per heavy atom. The third-order valence-electron chi connectivity index (χ3n) is 1.12. The highest BCUT2D eigenvalue weighted by atomic mass is 16.2. The van der Waals surface area contributed by atoms with Gasteiger partial charge in [-0.25, -0.2) is 4.68 Å². The van der Waals surface area contributed by atoms with E-state index in [0.717, 1.165) is 0 Å². The Hall–Kier alpha value is -1.16. The minimum atomic E-state index is -0.486. The van der Waals surface area contributed by atoms with E-state index in [1.54, 1.807) is 25.4 Å². The van der Waals surface area contributed by atoms with Crippen molar-refractivity contribution in [1.29, 1.82) is 0 Å². The molecule has 0 radical (unpaired) electrons. The standard InChI is InChI=1S/C6H9N3O/c1-5(7)6(10)9-4-2-3-8-9/h2-5H,7H2,1H3. The van der Waals surface area contributed by atoms with Gasteiger partial charge in [-0.05, 0) is 13.0 Å². The van der Waals surface area contributed by atoms with Crippen molar-refractivity contribution in [3.05, 3.63) is 18.5 Å². The highest BCUT2D eigenvalue weighted by molar-refractivity contribution is 5.82. The second kappa shape index (κ2) is 2.62. The van der Waals surface area contributed by atoms with Crippen LogP contribution in [0.1, 0.15) is 11.7 Å². The molecule has 0 saturated carbocycles. The van der Waals surface area contributed by atoms with Crippen molar-refractivity contribution in [2.24, 2.45) is 5.73 Å². The smallest absolute Gasteiger partial charge is 0.263 e. The average Bonchev–Trinajstić information content (AvgIpc) is 2.36. The highest BCUT2D eigenvalue weighted by Gasteiger charge is 2.08. The third kappa shape index (κ3) is 1.22. The van der Waals surface area contributed by atoms with Crippen LogP contribution in [0.5, 0.6) is 0 Å². The minimum Gasteiger partial charge on any atom is -0.320 e. The van der Waals surface area contributed by atoms with Gasteiger partial charge in [-0.2, -0.15) is 5.10 Å². The molecule has 54 valence electrons. The molecular formula is C6H9N3O. The van der Waals surface area contributed by atoms with Crippen molar-refractivity contribution < 1.29 is 4.79 Å². The molecule has 4 heteroatoms. The molecule has 0 aliphatic rings. The Bertz CT molecular complexity index is 215. The van der Waals surface area contributed by atoms with E-state index in [-0.39, 0.29) is 5.91 Å². The Morgan fingerprint density at radius 2 is 2.50 bits per heavy atom. The number of aromatic nitrogens is 2. The lowest BCUT2D eigenvalue weighted by Gasteiger charge is -2.01. The van der Waals surface area contributed by atoms with Crippen LogP contribution in [0.2, 0.25) is 0 Å². The van der Waals surface area contributed by atoms with Gasteiger partial charge in [-0.3, -0.25) is 4.79 Å². The second-order valence-corrected chi connectivity index (χ2v) is 2.08. The van der Waals surface area contributed by atoms with E-state index in [9.17, 15) is 4.79 Å². The molecule has 1 aromatic heterocycles. The van der Waals surface area contributed by atoms with Gasteiger partial charge in [0.15, 0.2) is 0 Å². The molecule has 0 aliphatic heterocycles. The van der Waals surface area contributed by atoms with Gasteiger partial charge in [-0.15, -0.1) is 0 Å². The SMILES string of the molecule is CC(N)C(=O)n1cccn1. The van der Waals surface area contributed by atoms with Gasteiger partial charge in [0.05, 0.1) is 6.04 Å². The number of carbonyl (C=O) groups excluding carboxylic acids is 1. The van der Waals surface area contributed by atoms with Crippen LogP contribution in [0.4, 0.5) is 0 Å². The predicted octanol–water partition coefficient (Wildman–Crippen LogP) is -0.130. The highest BCUT2D eigenvalue weighted by Crippen LogP contribution is 1.87. The van der Waals surface area contributed by atoms with E-state index in [4.69, 9.17) is 5.73 Å². The molecular weight excluding hydrogens is 130 g/mol. The summed E-state index contributed by atoms with van der Waals surface area (Å²) >= 11 is 0. The van der Waals surface area contributed by atoms with Crippen LogP contribution in [0, 0.1) is 0 Å². The number of nitrogens with zero attached hydrogens (tertiary/aromatic N) is 2. The third-order valence-corrected chi connectivity index (χ3v) is 1.12. The lowest BCUT2D eigenvalue weighted by molar-refractivity contribution is 0.0870. The van der Waals surface area contributed by atoms with Gasteiger partial charge < -0.3 is 5.73 Å². The fourth-order valence-electron chi connectivity index (χ4n) is 0.608. The number of hydrogen-bond acceptors (Lipinski definition) is 3. The van der Waals surface area contributed by atoms with Gasteiger partial charge in [0.2, 0.25) is 0 Å². The summed E-state index contributed by atoms with van der Waals surface area (Å²) in [6, 6.07) is 1.19. The number of rotatable bonds is 1. The van der Waals surface area contributed by atoms with Crippen molar-refractivity contribution in [3.63, 3.8) is 0 Å². The monoisotopic (exact) mass is 139 g/mol. The first kappa shape index (κ1) is 6.95. The normalized spacial score (nSPS) is 13.0. The first-order chi connectivity index (χ1) is 4.72. The van der Waals surface area contributed by atoms with Crippen LogP contribution in [-0.2, 0) is 0 Å². The molecule has 1 rings (SSSR count). The number of hydrogen-bond donors (Lipinski definition) is 1. The van der Waals surface area contributed by atoms with E-state index in [1.165, 1.54) is 4.68 Å². The lowest BCUT2D eigenvalue weighted by Crippen LogP contribution is -2.31. The van der Waals surface area contributed by atoms with Crippen LogP contribution >= 0.6 is 0 Å². The Kier molecular flexibility index (Phi) is 1.82. The molecule has 0 bridgehead atoms. The van der Waals surface area contributed by atoms with E-state index >= 15 is 0 Å². The van der Waals surface area contributed by atoms with Crippen molar-refractivity contribution in [2.75, 3.05) is 0 Å². The zero-order chi connectivity index (χ0) is 7.56. The van der Waals surface area contributed by atoms with Crippen LogP contribution in [0.25, 0.3) is 0 Å². The molecule has 0 spiro atoms. The van der Waals surface area contributed by atoms with Crippen molar-refractivity contribution in [1.82, 2.24) is 9.78 Å². The molecule has 0 aliphatic carbocycles. The van der Waals surface area contributed by atoms with Gasteiger partial charge in [-0.1, -0.05) is 0 Å². The van der Waals surface area contributed by atoms with Gasteiger partial charge in [0, 0.05) is 12.4 Å². The summed E-state index contributed by atoms with van der Waals surface area (Å²) in [4.78, 5) is 11.0. The fraction of sp³-hybridized carbons (Fsp3) is 0.333. The zero-order valence-electron chi connectivity index (χ0n) is 5.69. The van der Waals surface area contributed by atoms with Gasteiger partial charge in [0.1, 0.15) is 0 Å². The van der Waals surface area contributed by atoms with Crippen molar-refractivity contribution >= 4 is 5.91 Å². The minimum absolute atomic E-state index is 0.190. The maximum absolute atomic E-state index is 11.0. The van der Waals surface area contributed by atoms with Gasteiger partial charge >= 0.3 is 0 Å². The van der Waals surface area contributed by atoms with Crippen molar-refractivity contribution in [3.8, 4) is 0 Å². The average molecular weight is 139 g/mol. The molecule has 1 heterocycles. The van der Waals surface area contributed by atoms with E-state index < -0.39 is 6.04 Å². The molecule has 0 aromatic carbocycles. The molecule has 0 saturated heterocycles. The summed E-state index contributed by atoms with van der Waals surface area (Å²) in [6.07, 6.45) is 3.12. The summed E-state index contributed by atoms with van der Waals surface area (Å²) in [5.74, 6) is -0.190. The molecule has 1 atom stereocenters. The fourth-order valence-corrected chi connectivity index (χ4v) is 0.608. The summed E-state index contributed by atoms with van der Waals surface area (Å²) in [6.45, 7) is 1.63. The topological polar surface area (TPSA) is 60.9 Å². The quantitative estimate of drug-likeness (QED) is 0.589.